The summed E-state index contributed by atoms with van der Waals surface area (Å²) < 4.78 is 0. The maximum absolute atomic E-state index is 11.5. The molecule has 0 spiro atoms. The van der Waals surface area contributed by atoms with Crippen LogP contribution in [-0.2, 0) is 4.79 Å². The number of carbonyl (C=O) groups is 1. The Morgan fingerprint density at radius 2 is 2.33 bits per heavy atom. The van der Waals surface area contributed by atoms with Gasteiger partial charge < -0.3 is 15.6 Å². The summed E-state index contributed by atoms with van der Waals surface area (Å²) in [5.74, 6) is -0.168. The summed E-state index contributed by atoms with van der Waals surface area (Å²) in [6, 6.07) is 0. The highest BCUT2D eigenvalue weighted by Gasteiger charge is 2.32. The van der Waals surface area contributed by atoms with Crippen LogP contribution in [0.1, 0.15) is 6.42 Å². The SMILES string of the molecule is Nc1nc[nH]c(=O)c1N1CC(Cl)CC1=O. The summed E-state index contributed by atoms with van der Waals surface area (Å²) in [5, 5.41) is -0.281. The molecule has 1 aromatic rings. The van der Waals surface area contributed by atoms with Crippen LogP contribution in [0, 0.1) is 0 Å². The lowest BCUT2D eigenvalue weighted by Crippen LogP contribution is -2.32. The van der Waals surface area contributed by atoms with Crippen LogP contribution in [0.2, 0.25) is 0 Å². The molecule has 3 N–H and O–H groups in total. The van der Waals surface area contributed by atoms with Crippen molar-refractivity contribution in [3.05, 3.63) is 16.7 Å². The van der Waals surface area contributed by atoms with E-state index in [-0.39, 0.29) is 29.2 Å². The Labute approximate surface area is 90.1 Å². The van der Waals surface area contributed by atoms with Crippen molar-refractivity contribution >= 4 is 29.0 Å². The van der Waals surface area contributed by atoms with Crippen molar-refractivity contribution in [3.63, 3.8) is 0 Å². The fourth-order valence-corrected chi connectivity index (χ4v) is 1.82. The van der Waals surface area contributed by atoms with Crippen LogP contribution in [0.25, 0.3) is 0 Å². The van der Waals surface area contributed by atoms with E-state index in [1.807, 2.05) is 0 Å². The molecule has 1 fully saturated rings. The third-order valence-electron chi connectivity index (χ3n) is 2.20. The standard InChI is InChI=1S/C8H9ClN4O2/c9-4-1-5(14)13(2-4)6-7(10)11-3-12-8(6)15/h3-4H,1-2H2,(H3,10,11,12,15). The van der Waals surface area contributed by atoms with E-state index in [1.54, 1.807) is 0 Å². The van der Waals surface area contributed by atoms with Gasteiger partial charge in [0.25, 0.3) is 5.56 Å². The molecule has 0 aromatic carbocycles. The number of halogens is 1. The van der Waals surface area contributed by atoms with E-state index >= 15 is 0 Å². The van der Waals surface area contributed by atoms with E-state index in [1.165, 1.54) is 11.2 Å². The molecule has 0 saturated carbocycles. The maximum atomic E-state index is 11.5. The highest BCUT2D eigenvalue weighted by atomic mass is 35.5. The number of nitrogens with zero attached hydrogens (tertiary/aromatic N) is 2. The van der Waals surface area contributed by atoms with Crippen molar-refractivity contribution in [2.24, 2.45) is 0 Å². The average Bonchev–Trinajstić information content (AvgIpc) is 2.45. The number of aromatic nitrogens is 2. The first-order valence-electron chi connectivity index (χ1n) is 4.37. The molecule has 1 aliphatic heterocycles. The summed E-state index contributed by atoms with van der Waals surface area (Å²) in [4.78, 5) is 30.3. The Bertz CT molecular complexity index is 458. The Morgan fingerprint density at radius 3 is 2.87 bits per heavy atom. The van der Waals surface area contributed by atoms with Gasteiger partial charge in [0, 0.05) is 13.0 Å². The zero-order valence-electron chi connectivity index (χ0n) is 7.74. The average molecular weight is 229 g/mol. The minimum atomic E-state index is -0.429. The van der Waals surface area contributed by atoms with Crippen LogP contribution < -0.4 is 16.2 Å². The Morgan fingerprint density at radius 1 is 1.60 bits per heavy atom. The smallest absolute Gasteiger partial charge is 0.276 e. The fourth-order valence-electron chi connectivity index (χ4n) is 1.55. The lowest BCUT2D eigenvalue weighted by atomic mass is 10.4. The van der Waals surface area contributed by atoms with Crippen LogP contribution in [0.15, 0.2) is 11.1 Å². The largest absolute Gasteiger partial charge is 0.382 e. The van der Waals surface area contributed by atoms with Gasteiger partial charge in [0.2, 0.25) is 5.91 Å². The second-order valence-corrected chi connectivity index (χ2v) is 3.89. The number of nitrogens with two attached hydrogens (primary N) is 1. The lowest BCUT2D eigenvalue weighted by Gasteiger charge is -2.15. The molecule has 1 saturated heterocycles. The minimum absolute atomic E-state index is 0.0397. The van der Waals surface area contributed by atoms with Gasteiger partial charge in [-0.1, -0.05) is 0 Å². The third-order valence-corrected chi connectivity index (χ3v) is 2.50. The van der Waals surface area contributed by atoms with E-state index in [0.29, 0.717) is 6.54 Å². The molecule has 15 heavy (non-hydrogen) atoms. The summed E-state index contributed by atoms with van der Waals surface area (Å²) in [7, 11) is 0. The molecule has 1 aromatic heterocycles. The van der Waals surface area contributed by atoms with E-state index < -0.39 is 5.56 Å². The number of H-pyrrole nitrogens is 1. The van der Waals surface area contributed by atoms with Gasteiger partial charge in [0.1, 0.15) is 0 Å². The molecule has 2 heterocycles. The molecule has 2 rings (SSSR count). The van der Waals surface area contributed by atoms with Gasteiger partial charge in [-0.05, 0) is 0 Å². The molecule has 80 valence electrons. The Balaban J connectivity index is 2.46. The highest BCUT2D eigenvalue weighted by Crippen LogP contribution is 2.24. The highest BCUT2D eigenvalue weighted by molar-refractivity contribution is 6.24. The summed E-state index contributed by atoms with van der Waals surface area (Å²) in [6.45, 7) is 0.291. The first-order valence-corrected chi connectivity index (χ1v) is 4.81. The predicted octanol–water partition coefficient (Wildman–Crippen LogP) is -0.304. The van der Waals surface area contributed by atoms with Gasteiger partial charge in [0.05, 0.1) is 11.7 Å². The number of hydrogen-bond acceptors (Lipinski definition) is 4. The quantitative estimate of drug-likeness (QED) is 0.646. The number of amides is 1. The predicted molar refractivity (Wildman–Crippen MR) is 55.9 cm³/mol. The molecule has 0 radical (unpaired) electrons. The number of alkyl halides is 1. The second kappa shape index (κ2) is 3.54. The fraction of sp³-hybridized carbons (Fsp3) is 0.375. The molecule has 0 aliphatic carbocycles. The number of anilines is 2. The third kappa shape index (κ3) is 1.68. The summed E-state index contributed by atoms with van der Waals surface area (Å²) in [5.41, 5.74) is 5.20. The Kier molecular flexibility index (Phi) is 2.36. The zero-order chi connectivity index (χ0) is 11.0. The molecule has 7 heteroatoms. The van der Waals surface area contributed by atoms with Crippen molar-refractivity contribution in [1.29, 1.82) is 0 Å². The van der Waals surface area contributed by atoms with Crippen LogP contribution in [0.4, 0.5) is 11.5 Å². The molecular formula is C8H9ClN4O2. The number of aromatic amines is 1. The number of rotatable bonds is 1. The van der Waals surface area contributed by atoms with Gasteiger partial charge in [-0.2, -0.15) is 0 Å². The number of nitrogens with one attached hydrogen (secondary N) is 1. The lowest BCUT2D eigenvalue weighted by molar-refractivity contribution is -0.117. The first-order chi connectivity index (χ1) is 7.09. The molecular weight excluding hydrogens is 220 g/mol. The normalized spacial score (nSPS) is 21.0. The van der Waals surface area contributed by atoms with E-state index in [0.717, 1.165) is 0 Å². The maximum Gasteiger partial charge on any atom is 0.276 e. The van der Waals surface area contributed by atoms with Crippen molar-refractivity contribution < 1.29 is 4.79 Å². The molecule has 0 bridgehead atoms. The van der Waals surface area contributed by atoms with Crippen molar-refractivity contribution in [3.8, 4) is 0 Å². The minimum Gasteiger partial charge on any atom is -0.382 e. The Hall–Kier alpha value is -1.56. The molecule has 6 nitrogen and oxygen atoms in total. The van der Waals surface area contributed by atoms with E-state index in [9.17, 15) is 9.59 Å². The van der Waals surface area contributed by atoms with Gasteiger partial charge >= 0.3 is 0 Å². The molecule has 1 unspecified atom stereocenters. The van der Waals surface area contributed by atoms with Crippen molar-refractivity contribution in [2.75, 3.05) is 17.2 Å². The van der Waals surface area contributed by atoms with Crippen LogP contribution in [0.3, 0.4) is 0 Å². The number of hydrogen-bond donors (Lipinski definition) is 2. The summed E-state index contributed by atoms with van der Waals surface area (Å²) >= 11 is 5.82. The topological polar surface area (TPSA) is 92.1 Å². The van der Waals surface area contributed by atoms with Gasteiger partial charge in [-0.15, -0.1) is 11.6 Å². The van der Waals surface area contributed by atoms with E-state index in [2.05, 4.69) is 9.97 Å². The van der Waals surface area contributed by atoms with Crippen molar-refractivity contribution in [2.45, 2.75) is 11.8 Å². The molecule has 1 aliphatic rings. The van der Waals surface area contributed by atoms with Crippen LogP contribution in [-0.4, -0.2) is 27.8 Å². The van der Waals surface area contributed by atoms with Gasteiger partial charge in [-0.25, -0.2) is 4.98 Å². The van der Waals surface area contributed by atoms with Gasteiger partial charge in [-0.3, -0.25) is 9.59 Å². The zero-order valence-corrected chi connectivity index (χ0v) is 8.49. The van der Waals surface area contributed by atoms with Crippen molar-refractivity contribution in [1.82, 2.24) is 9.97 Å². The summed E-state index contributed by atoms with van der Waals surface area (Å²) in [6.07, 6.45) is 1.41. The number of carbonyl (C=O) groups excluding carboxylic acids is 1. The number of nitrogen functional groups attached to an aromatic ring is 1. The molecule has 1 atom stereocenters. The first kappa shape index (κ1) is 9.97. The van der Waals surface area contributed by atoms with Crippen LogP contribution >= 0.6 is 11.6 Å². The van der Waals surface area contributed by atoms with E-state index in [4.69, 9.17) is 17.3 Å². The van der Waals surface area contributed by atoms with Gasteiger partial charge in [0.15, 0.2) is 11.5 Å². The van der Waals surface area contributed by atoms with Crippen LogP contribution in [0.5, 0.6) is 0 Å². The monoisotopic (exact) mass is 228 g/mol. The second-order valence-electron chi connectivity index (χ2n) is 3.27. The molecule has 1 amide bonds.